The summed E-state index contributed by atoms with van der Waals surface area (Å²) in [4.78, 5) is 29.2. The number of aliphatic hydroxyl groups excluding tert-OH is 1. The number of carbonyl (C=O) groups excluding carboxylic acids is 2. The molecule has 3 aromatic rings. The Hall–Kier alpha value is -2.74. The van der Waals surface area contributed by atoms with Crippen LogP contribution < -0.4 is 4.90 Å². The molecule has 0 bridgehead atoms. The molecule has 0 spiro atoms. The molecule has 270 valence electrons. The quantitative estimate of drug-likeness (QED) is 0.131. The van der Waals surface area contributed by atoms with Crippen molar-refractivity contribution in [2.45, 2.75) is 123 Å². The maximum Gasteiger partial charge on any atom is 0.246 e. The molecule has 3 heterocycles. The van der Waals surface area contributed by atoms with Crippen LogP contribution in [0.25, 0.3) is 22.3 Å². The molecular formula is C38H61N5O4Si2. The van der Waals surface area contributed by atoms with Crippen LogP contribution in [-0.4, -0.2) is 85.7 Å². The lowest BCUT2D eigenvalue weighted by atomic mass is 9.75. The molecule has 1 atom stereocenters. The highest BCUT2D eigenvalue weighted by molar-refractivity contribution is 6.76. The Morgan fingerprint density at radius 2 is 1.80 bits per heavy atom. The van der Waals surface area contributed by atoms with Crippen molar-refractivity contribution in [3.63, 3.8) is 0 Å². The van der Waals surface area contributed by atoms with Crippen LogP contribution in [0.1, 0.15) is 56.7 Å². The van der Waals surface area contributed by atoms with E-state index in [4.69, 9.17) is 9.84 Å². The lowest BCUT2D eigenvalue weighted by molar-refractivity contribution is -0.137. The van der Waals surface area contributed by atoms with Crippen LogP contribution >= 0.6 is 0 Å². The first-order valence-electron chi connectivity index (χ1n) is 18.5. The summed E-state index contributed by atoms with van der Waals surface area (Å²) < 4.78 is 10.7. The first-order valence-corrected chi connectivity index (χ1v) is 25.9. The summed E-state index contributed by atoms with van der Waals surface area (Å²) in [5.74, 6) is 0.000697. The average molecular weight is 708 g/mol. The highest BCUT2D eigenvalue weighted by Crippen LogP contribution is 2.41. The number of fused-ring (bicyclic) bond motifs is 2. The van der Waals surface area contributed by atoms with Gasteiger partial charge in [-0.15, -0.1) is 0 Å². The molecule has 0 saturated carbocycles. The van der Waals surface area contributed by atoms with Gasteiger partial charge in [0.1, 0.15) is 19.0 Å². The van der Waals surface area contributed by atoms with Crippen molar-refractivity contribution < 1.29 is 19.4 Å². The van der Waals surface area contributed by atoms with Crippen molar-refractivity contribution in [2.24, 2.45) is 5.41 Å². The number of carbonyl (C=O) groups is 2. The normalized spacial score (nSPS) is 18.7. The molecule has 1 aliphatic carbocycles. The molecular weight excluding hydrogens is 647 g/mol. The fraction of sp³-hybridized carbons (Fsp3) is 0.658. The number of nitrogens with zero attached hydrogens (tertiary/aromatic N) is 5. The molecule has 1 aliphatic heterocycles. The Labute approximate surface area is 296 Å². The molecule has 1 fully saturated rings. The Morgan fingerprint density at radius 3 is 2.49 bits per heavy atom. The summed E-state index contributed by atoms with van der Waals surface area (Å²) in [6.45, 7) is 19.5. The second-order valence-electron chi connectivity index (χ2n) is 17.4. The highest BCUT2D eigenvalue weighted by Gasteiger charge is 2.35. The van der Waals surface area contributed by atoms with E-state index in [1.165, 1.54) is 23.7 Å². The maximum absolute atomic E-state index is 13.4. The van der Waals surface area contributed by atoms with Crippen molar-refractivity contribution in [1.82, 2.24) is 19.2 Å². The second kappa shape index (κ2) is 15.2. The van der Waals surface area contributed by atoms with Crippen LogP contribution in [0.4, 0.5) is 5.69 Å². The number of aliphatic hydroxyl groups is 1. The van der Waals surface area contributed by atoms with Gasteiger partial charge in [-0.3, -0.25) is 9.59 Å². The third-order valence-electron chi connectivity index (χ3n) is 10.5. The lowest BCUT2D eigenvalue weighted by Crippen LogP contribution is -2.43. The predicted octanol–water partition coefficient (Wildman–Crippen LogP) is 7.40. The Balaban J connectivity index is 1.51. The number of amides is 2. The Bertz CT molecular complexity index is 1640. The summed E-state index contributed by atoms with van der Waals surface area (Å²) >= 11 is 0. The zero-order valence-electron chi connectivity index (χ0n) is 31.5. The van der Waals surface area contributed by atoms with Gasteiger partial charge in [-0.1, -0.05) is 64.7 Å². The first kappa shape index (κ1) is 37.5. The van der Waals surface area contributed by atoms with Crippen LogP contribution in [0.2, 0.25) is 51.4 Å². The summed E-state index contributed by atoms with van der Waals surface area (Å²) in [5, 5.41) is 16.7. The highest BCUT2D eigenvalue weighted by atomic mass is 28.3. The molecule has 0 radical (unpaired) electrons. The fourth-order valence-electron chi connectivity index (χ4n) is 7.15. The van der Waals surface area contributed by atoms with Gasteiger partial charge in [-0.25, -0.2) is 4.68 Å². The molecule has 1 aromatic carbocycles. The van der Waals surface area contributed by atoms with Crippen molar-refractivity contribution in [1.29, 1.82) is 0 Å². The summed E-state index contributed by atoms with van der Waals surface area (Å²) in [6, 6.07) is 10.9. The molecule has 49 heavy (non-hydrogen) atoms. The molecule has 5 rings (SSSR count). The summed E-state index contributed by atoms with van der Waals surface area (Å²) in [6.07, 6.45) is 7.19. The zero-order valence-corrected chi connectivity index (χ0v) is 33.5. The maximum atomic E-state index is 13.4. The number of aromatic nitrogens is 3. The average Bonchev–Trinajstić information content (AvgIpc) is 3.58. The number of piperidine rings is 1. The van der Waals surface area contributed by atoms with Crippen molar-refractivity contribution in [2.75, 3.05) is 38.3 Å². The van der Waals surface area contributed by atoms with E-state index in [1.54, 1.807) is 9.80 Å². The Morgan fingerprint density at radius 1 is 1.04 bits per heavy atom. The second-order valence-corrected chi connectivity index (χ2v) is 28.7. The Kier molecular flexibility index (Phi) is 11.7. The van der Waals surface area contributed by atoms with E-state index >= 15 is 0 Å². The zero-order chi connectivity index (χ0) is 35.6. The minimum absolute atomic E-state index is 0.0723. The molecule has 1 unspecified atom stereocenters. The summed E-state index contributed by atoms with van der Waals surface area (Å²) in [7, 11) is -0.563. The van der Waals surface area contributed by atoms with E-state index in [2.05, 4.69) is 73.7 Å². The number of unbranched alkanes of at least 4 members (excludes halogenated alkanes) is 1. The number of anilines is 1. The SMILES string of the molecule is CN(C(=O)CN1CCCCC1=O)c1ccc2cc(-c3nn(COCC[Si](C)(C)C)c4c3CCC(C)(CO)C4)n(CCCC[Si](C)(C)C)c2c1. The predicted molar refractivity (Wildman–Crippen MR) is 206 cm³/mol. The monoisotopic (exact) mass is 707 g/mol. The number of aryl methyl sites for hydroxylation is 1. The standard InChI is InChI=1S/C38H61N5O4Si2/c1-38(27-44)17-16-31-34(25-38)43(28-47-20-22-49(6,7)8)39-37(31)33-23-29-14-15-30(24-32(29)42(33)19-11-12-21-48(3,4)5)40(2)36(46)26-41-18-10-9-13-35(41)45/h14-15,23-24,44H,9-13,16-22,25-28H2,1-8H3. The van der Waals surface area contributed by atoms with Gasteiger partial charge in [0.2, 0.25) is 11.8 Å². The van der Waals surface area contributed by atoms with Crippen molar-refractivity contribution in [3.05, 3.63) is 35.5 Å². The van der Waals surface area contributed by atoms with E-state index in [1.807, 2.05) is 13.1 Å². The minimum atomic E-state index is -1.22. The van der Waals surface area contributed by atoms with E-state index in [0.717, 1.165) is 85.7 Å². The van der Waals surface area contributed by atoms with Gasteiger partial charge < -0.3 is 24.2 Å². The topological polar surface area (TPSA) is 92.8 Å². The van der Waals surface area contributed by atoms with E-state index in [-0.39, 0.29) is 30.4 Å². The molecule has 1 saturated heterocycles. The van der Waals surface area contributed by atoms with Gasteiger partial charge in [0.25, 0.3) is 0 Å². The van der Waals surface area contributed by atoms with Gasteiger partial charge in [0.05, 0.1) is 11.2 Å². The van der Waals surface area contributed by atoms with Gasteiger partial charge >= 0.3 is 0 Å². The van der Waals surface area contributed by atoms with Gasteiger partial charge in [-0.2, -0.15) is 5.10 Å². The van der Waals surface area contributed by atoms with Crippen molar-refractivity contribution in [3.8, 4) is 11.4 Å². The number of ether oxygens (including phenoxy) is 1. The van der Waals surface area contributed by atoms with Crippen LogP contribution in [0.5, 0.6) is 0 Å². The number of hydrogen-bond acceptors (Lipinski definition) is 5. The molecule has 1 N–H and O–H groups in total. The van der Waals surface area contributed by atoms with Gasteiger partial charge in [-0.05, 0) is 68.2 Å². The molecule has 2 aromatic heterocycles. The van der Waals surface area contributed by atoms with E-state index in [9.17, 15) is 14.7 Å². The third kappa shape index (κ3) is 9.34. The van der Waals surface area contributed by atoms with Crippen LogP contribution in [-0.2, 0) is 40.4 Å². The van der Waals surface area contributed by atoms with Crippen LogP contribution in [0.3, 0.4) is 0 Å². The van der Waals surface area contributed by atoms with Gasteiger partial charge in [0, 0.05) is 78.3 Å². The number of likely N-dealkylation sites (N-methyl/N-ethyl adjacent to an activating group) is 1. The van der Waals surface area contributed by atoms with Crippen molar-refractivity contribution >= 4 is 44.6 Å². The fourth-order valence-corrected chi connectivity index (χ4v) is 9.21. The number of benzene rings is 1. The molecule has 2 amide bonds. The smallest absolute Gasteiger partial charge is 0.246 e. The van der Waals surface area contributed by atoms with Gasteiger partial charge in [0.15, 0.2) is 0 Å². The molecule has 2 aliphatic rings. The number of likely N-dealkylation sites (tertiary alicyclic amines) is 1. The van der Waals surface area contributed by atoms with E-state index in [0.29, 0.717) is 19.7 Å². The number of hydrogen-bond donors (Lipinski definition) is 1. The summed E-state index contributed by atoms with van der Waals surface area (Å²) in [5.41, 5.74) is 6.33. The minimum Gasteiger partial charge on any atom is -0.396 e. The van der Waals surface area contributed by atoms with Crippen LogP contribution in [0.15, 0.2) is 24.3 Å². The molecule has 9 nitrogen and oxygen atoms in total. The largest absolute Gasteiger partial charge is 0.396 e. The van der Waals surface area contributed by atoms with Crippen LogP contribution in [0, 0.1) is 5.41 Å². The first-order chi connectivity index (χ1) is 23.1. The number of rotatable bonds is 15. The lowest BCUT2D eigenvalue weighted by Gasteiger charge is -2.32. The third-order valence-corrected chi connectivity index (χ3v) is 14.1. The molecule has 11 heteroatoms. The van der Waals surface area contributed by atoms with E-state index < -0.39 is 16.1 Å².